The van der Waals surface area contributed by atoms with Crippen molar-refractivity contribution in [2.45, 2.75) is 52.3 Å². The lowest BCUT2D eigenvalue weighted by molar-refractivity contribution is -0.0538. The Morgan fingerprint density at radius 3 is 3.00 bits per heavy atom. The molecule has 1 saturated heterocycles. The number of nitrogens with zero attached hydrogens (tertiary/aromatic N) is 1. The first kappa shape index (κ1) is 16.5. The van der Waals surface area contributed by atoms with Gasteiger partial charge in [-0.25, -0.2) is 0 Å². The Hall–Kier alpha value is -0.840. The molecular formula is C17H30N2O2. The van der Waals surface area contributed by atoms with Gasteiger partial charge >= 0.3 is 0 Å². The van der Waals surface area contributed by atoms with Crippen LogP contribution >= 0.6 is 0 Å². The molecule has 120 valence electrons. The van der Waals surface area contributed by atoms with Crippen LogP contribution in [0.5, 0.6) is 0 Å². The maximum Gasteiger partial charge on any atom is 0.118 e. The van der Waals surface area contributed by atoms with E-state index in [-0.39, 0.29) is 5.60 Å². The number of furan rings is 1. The Balaban J connectivity index is 1.82. The van der Waals surface area contributed by atoms with Crippen LogP contribution in [0.4, 0.5) is 0 Å². The lowest BCUT2D eigenvalue weighted by Gasteiger charge is -2.39. The van der Waals surface area contributed by atoms with E-state index < -0.39 is 0 Å². The number of rotatable bonds is 7. The molecule has 1 atom stereocenters. The highest BCUT2D eigenvalue weighted by atomic mass is 16.5. The van der Waals surface area contributed by atoms with Crippen molar-refractivity contribution in [3.05, 3.63) is 23.7 Å². The summed E-state index contributed by atoms with van der Waals surface area (Å²) in [6.45, 7) is 11.5. The normalized spacial score (nSPS) is 23.9. The maximum atomic E-state index is 5.70. The minimum atomic E-state index is -0.00745. The van der Waals surface area contributed by atoms with Gasteiger partial charge < -0.3 is 14.5 Å². The minimum Gasteiger partial charge on any atom is -0.468 e. The number of piperidine rings is 1. The van der Waals surface area contributed by atoms with Gasteiger partial charge in [0, 0.05) is 25.8 Å². The molecule has 1 aromatic heterocycles. The van der Waals surface area contributed by atoms with Gasteiger partial charge in [-0.3, -0.25) is 4.90 Å². The topological polar surface area (TPSA) is 37.6 Å². The van der Waals surface area contributed by atoms with Crippen LogP contribution in [0.2, 0.25) is 0 Å². The molecule has 0 radical (unpaired) electrons. The molecule has 1 N–H and O–H groups in total. The first-order valence-corrected chi connectivity index (χ1v) is 8.05. The van der Waals surface area contributed by atoms with Crippen LogP contribution in [-0.4, -0.2) is 37.2 Å². The van der Waals surface area contributed by atoms with Crippen molar-refractivity contribution in [2.24, 2.45) is 5.92 Å². The summed E-state index contributed by atoms with van der Waals surface area (Å²) in [4.78, 5) is 2.43. The number of likely N-dealkylation sites (tertiary alicyclic amines) is 1. The van der Waals surface area contributed by atoms with E-state index in [0.29, 0.717) is 5.92 Å². The number of ether oxygens (including phenoxy) is 1. The molecule has 21 heavy (non-hydrogen) atoms. The molecule has 0 aliphatic carbocycles. The SMILES string of the molecule is COC1(C)CCCN(Cc2cc(CNCC(C)C)co2)C1. The predicted molar refractivity (Wildman–Crippen MR) is 85.2 cm³/mol. The molecule has 1 aromatic rings. The van der Waals surface area contributed by atoms with Gasteiger partial charge in [0.15, 0.2) is 0 Å². The van der Waals surface area contributed by atoms with Crippen molar-refractivity contribution in [3.63, 3.8) is 0 Å². The van der Waals surface area contributed by atoms with Gasteiger partial charge in [-0.1, -0.05) is 13.8 Å². The molecule has 0 saturated carbocycles. The molecule has 2 heterocycles. The van der Waals surface area contributed by atoms with Crippen LogP contribution in [-0.2, 0) is 17.8 Å². The van der Waals surface area contributed by atoms with E-state index >= 15 is 0 Å². The molecule has 0 spiro atoms. The van der Waals surface area contributed by atoms with Gasteiger partial charge in [-0.05, 0) is 44.8 Å². The van der Waals surface area contributed by atoms with Crippen molar-refractivity contribution < 1.29 is 9.15 Å². The molecule has 0 aromatic carbocycles. The van der Waals surface area contributed by atoms with Crippen molar-refractivity contribution in [2.75, 3.05) is 26.7 Å². The number of hydrogen-bond acceptors (Lipinski definition) is 4. The third-order valence-electron chi connectivity index (χ3n) is 4.20. The second-order valence-corrected chi connectivity index (χ2v) is 6.91. The van der Waals surface area contributed by atoms with Gasteiger partial charge in [0.25, 0.3) is 0 Å². The quantitative estimate of drug-likeness (QED) is 0.839. The van der Waals surface area contributed by atoms with Crippen LogP contribution < -0.4 is 5.32 Å². The van der Waals surface area contributed by atoms with Crippen molar-refractivity contribution in [3.8, 4) is 0 Å². The van der Waals surface area contributed by atoms with E-state index in [1.807, 2.05) is 13.4 Å². The molecule has 1 aliphatic rings. The van der Waals surface area contributed by atoms with Crippen molar-refractivity contribution >= 4 is 0 Å². The van der Waals surface area contributed by atoms with Gasteiger partial charge in [-0.15, -0.1) is 0 Å². The third kappa shape index (κ3) is 5.13. The second kappa shape index (κ2) is 7.43. The number of methoxy groups -OCH3 is 1. The van der Waals surface area contributed by atoms with E-state index in [9.17, 15) is 0 Å². The van der Waals surface area contributed by atoms with Gasteiger partial charge in [0.1, 0.15) is 5.76 Å². The predicted octanol–water partition coefficient (Wildman–Crippen LogP) is 3.03. The highest BCUT2D eigenvalue weighted by molar-refractivity contribution is 5.12. The summed E-state index contributed by atoms with van der Waals surface area (Å²) < 4.78 is 11.3. The zero-order chi connectivity index (χ0) is 15.3. The summed E-state index contributed by atoms with van der Waals surface area (Å²) in [6, 6.07) is 2.17. The first-order chi connectivity index (χ1) is 10.0. The second-order valence-electron chi connectivity index (χ2n) is 6.91. The Morgan fingerprint density at radius 2 is 2.29 bits per heavy atom. The fourth-order valence-electron chi connectivity index (χ4n) is 2.94. The van der Waals surface area contributed by atoms with E-state index in [4.69, 9.17) is 9.15 Å². The fraction of sp³-hybridized carbons (Fsp3) is 0.765. The molecule has 1 unspecified atom stereocenters. The molecule has 2 rings (SSSR count). The maximum absolute atomic E-state index is 5.70. The van der Waals surface area contributed by atoms with Gasteiger partial charge in [-0.2, -0.15) is 0 Å². The van der Waals surface area contributed by atoms with Crippen molar-refractivity contribution in [1.82, 2.24) is 10.2 Å². The summed E-state index contributed by atoms with van der Waals surface area (Å²) >= 11 is 0. The van der Waals surface area contributed by atoms with Crippen LogP contribution in [0.1, 0.15) is 44.9 Å². The Labute approximate surface area is 128 Å². The fourth-order valence-corrected chi connectivity index (χ4v) is 2.94. The monoisotopic (exact) mass is 294 g/mol. The van der Waals surface area contributed by atoms with E-state index in [1.54, 1.807) is 0 Å². The Morgan fingerprint density at radius 1 is 1.48 bits per heavy atom. The summed E-state index contributed by atoms with van der Waals surface area (Å²) in [6.07, 6.45) is 4.21. The largest absolute Gasteiger partial charge is 0.468 e. The Kier molecular flexibility index (Phi) is 5.85. The minimum absolute atomic E-state index is 0.00745. The molecule has 4 heteroatoms. The van der Waals surface area contributed by atoms with Gasteiger partial charge in [0.05, 0.1) is 18.4 Å². The molecule has 0 amide bonds. The summed E-state index contributed by atoms with van der Waals surface area (Å²) in [5.74, 6) is 1.73. The third-order valence-corrected chi connectivity index (χ3v) is 4.20. The zero-order valence-electron chi connectivity index (χ0n) is 13.9. The standard InChI is InChI=1S/C17H30N2O2/c1-14(2)9-18-10-15-8-16(21-12-15)11-19-7-5-6-17(3,13-19)20-4/h8,12,14,18H,5-7,9-11,13H2,1-4H3. The van der Waals surface area contributed by atoms with Crippen LogP contribution in [0.3, 0.4) is 0 Å². The molecule has 4 nitrogen and oxygen atoms in total. The average Bonchev–Trinajstić information content (AvgIpc) is 2.86. The van der Waals surface area contributed by atoms with Gasteiger partial charge in [0.2, 0.25) is 0 Å². The highest BCUT2D eigenvalue weighted by Crippen LogP contribution is 2.25. The summed E-state index contributed by atoms with van der Waals surface area (Å²) in [5.41, 5.74) is 1.23. The smallest absolute Gasteiger partial charge is 0.118 e. The first-order valence-electron chi connectivity index (χ1n) is 8.05. The average molecular weight is 294 g/mol. The molecule has 0 bridgehead atoms. The molecular weight excluding hydrogens is 264 g/mol. The van der Waals surface area contributed by atoms with Crippen LogP contribution in [0.25, 0.3) is 0 Å². The van der Waals surface area contributed by atoms with E-state index in [0.717, 1.165) is 44.9 Å². The lowest BCUT2D eigenvalue weighted by atomic mass is 9.95. The van der Waals surface area contributed by atoms with Crippen LogP contribution in [0, 0.1) is 5.92 Å². The molecule has 1 fully saturated rings. The van der Waals surface area contributed by atoms with Crippen molar-refractivity contribution in [1.29, 1.82) is 0 Å². The van der Waals surface area contributed by atoms with E-state index in [1.165, 1.54) is 12.0 Å². The number of nitrogens with one attached hydrogen (secondary N) is 1. The summed E-state index contributed by atoms with van der Waals surface area (Å²) in [7, 11) is 1.81. The van der Waals surface area contributed by atoms with E-state index in [2.05, 4.69) is 37.1 Å². The zero-order valence-corrected chi connectivity index (χ0v) is 13.9. The van der Waals surface area contributed by atoms with Crippen LogP contribution in [0.15, 0.2) is 16.7 Å². The molecule has 1 aliphatic heterocycles. The number of hydrogen-bond donors (Lipinski definition) is 1. The lowest BCUT2D eigenvalue weighted by Crippen LogP contribution is -2.46. The Bertz CT molecular complexity index is 430. The highest BCUT2D eigenvalue weighted by Gasteiger charge is 2.30. The summed E-state index contributed by atoms with van der Waals surface area (Å²) in [5, 5.41) is 3.45.